The van der Waals surface area contributed by atoms with Crippen LogP contribution in [0.2, 0.25) is 0 Å². The maximum atomic E-state index is 12.5. The monoisotopic (exact) mass is 266 g/mol. The van der Waals surface area contributed by atoms with E-state index in [0.717, 1.165) is 0 Å². The van der Waals surface area contributed by atoms with E-state index in [2.05, 4.69) is 5.32 Å². The fourth-order valence-corrected chi connectivity index (χ4v) is 2.32. The Kier molecular flexibility index (Phi) is 4.64. The molecule has 1 fully saturated rings. The molecule has 18 heavy (non-hydrogen) atoms. The molecule has 1 amide bonds. The van der Waals surface area contributed by atoms with E-state index in [1.165, 1.54) is 4.90 Å². The summed E-state index contributed by atoms with van der Waals surface area (Å²) < 4.78 is 37.5. The van der Waals surface area contributed by atoms with Gasteiger partial charge in [-0.2, -0.15) is 13.2 Å². The Morgan fingerprint density at radius 2 is 1.78 bits per heavy atom. The molecule has 1 rings (SSSR count). The molecule has 1 aliphatic heterocycles. The molecular weight excluding hydrogens is 245 g/mol. The summed E-state index contributed by atoms with van der Waals surface area (Å²) in [6.45, 7) is 6.45. The number of hydrogen-bond acceptors (Lipinski definition) is 2. The van der Waals surface area contributed by atoms with Crippen molar-refractivity contribution in [2.45, 2.75) is 45.3 Å². The van der Waals surface area contributed by atoms with Gasteiger partial charge in [0.15, 0.2) is 0 Å². The number of carbonyl (C=O) groups is 1. The number of piperidine rings is 1. The van der Waals surface area contributed by atoms with Crippen LogP contribution in [0.1, 0.15) is 33.6 Å². The van der Waals surface area contributed by atoms with E-state index in [4.69, 9.17) is 0 Å². The van der Waals surface area contributed by atoms with Gasteiger partial charge in [0.25, 0.3) is 0 Å². The van der Waals surface area contributed by atoms with Crippen molar-refractivity contribution < 1.29 is 18.0 Å². The van der Waals surface area contributed by atoms with Gasteiger partial charge in [0.1, 0.15) is 0 Å². The van der Waals surface area contributed by atoms with E-state index in [1.54, 1.807) is 13.8 Å². The number of nitrogens with one attached hydrogen (secondary N) is 1. The first-order chi connectivity index (χ1) is 8.18. The molecule has 3 nitrogen and oxygen atoms in total. The second-order valence-corrected chi connectivity index (χ2v) is 5.26. The maximum Gasteiger partial charge on any atom is 0.391 e. The van der Waals surface area contributed by atoms with Crippen molar-refractivity contribution in [2.75, 3.05) is 19.6 Å². The van der Waals surface area contributed by atoms with Gasteiger partial charge in [-0.15, -0.1) is 0 Å². The molecule has 0 spiro atoms. The fourth-order valence-electron chi connectivity index (χ4n) is 2.32. The summed E-state index contributed by atoms with van der Waals surface area (Å²) in [5.74, 6) is -1.38. The van der Waals surface area contributed by atoms with Gasteiger partial charge in [0, 0.05) is 13.1 Å². The minimum atomic E-state index is -4.13. The predicted octanol–water partition coefficient (Wildman–Crippen LogP) is 2.18. The zero-order chi connectivity index (χ0) is 14.0. The number of carbonyl (C=O) groups excluding carboxylic acids is 1. The van der Waals surface area contributed by atoms with Gasteiger partial charge in [0.2, 0.25) is 5.91 Å². The van der Waals surface area contributed by atoms with Crippen LogP contribution in [-0.2, 0) is 4.79 Å². The van der Waals surface area contributed by atoms with Crippen LogP contribution in [0.4, 0.5) is 13.2 Å². The van der Waals surface area contributed by atoms with Gasteiger partial charge in [-0.3, -0.25) is 4.79 Å². The molecule has 0 unspecified atom stereocenters. The summed E-state index contributed by atoms with van der Waals surface area (Å²) in [5.41, 5.74) is -0.709. The number of rotatable bonds is 3. The van der Waals surface area contributed by atoms with Crippen molar-refractivity contribution in [2.24, 2.45) is 5.92 Å². The quantitative estimate of drug-likeness (QED) is 0.849. The van der Waals surface area contributed by atoms with Crippen molar-refractivity contribution in [3.8, 4) is 0 Å². The summed E-state index contributed by atoms with van der Waals surface area (Å²) >= 11 is 0. The fraction of sp³-hybridized carbons (Fsp3) is 0.917. The van der Waals surface area contributed by atoms with Gasteiger partial charge >= 0.3 is 6.18 Å². The lowest BCUT2D eigenvalue weighted by molar-refractivity contribution is -0.187. The first-order valence-corrected chi connectivity index (χ1v) is 6.29. The highest BCUT2D eigenvalue weighted by Gasteiger charge is 2.43. The third kappa shape index (κ3) is 3.60. The van der Waals surface area contributed by atoms with E-state index in [1.807, 2.05) is 6.92 Å². The molecule has 0 atom stereocenters. The van der Waals surface area contributed by atoms with Crippen LogP contribution in [0.5, 0.6) is 0 Å². The Hall–Kier alpha value is -0.780. The Balaban J connectivity index is 2.55. The maximum absolute atomic E-state index is 12.5. The second-order valence-electron chi connectivity index (χ2n) is 5.26. The van der Waals surface area contributed by atoms with E-state index in [-0.39, 0.29) is 31.8 Å². The van der Waals surface area contributed by atoms with Gasteiger partial charge in [-0.05, 0) is 33.2 Å². The largest absolute Gasteiger partial charge is 0.391 e. The van der Waals surface area contributed by atoms with Crippen molar-refractivity contribution in [1.82, 2.24) is 10.2 Å². The molecule has 0 aromatic carbocycles. The number of likely N-dealkylation sites (tertiary alicyclic amines) is 1. The molecule has 0 aromatic rings. The van der Waals surface area contributed by atoms with Crippen LogP contribution in [0.25, 0.3) is 0 Å². The Morgan fingerprint density at radius 3 is 2.17 bits per heavy atom. The smallest absolute Gasteiger partial charge is 0.341 e. The van der Waals surface area contributed by atoms with Gasteiger partial charge in [-0.1, -0.05) is 6.92 Å². The van der Waals surface area contributed by atoms with Gasteiger partial charge in [0.05, 0.1) is 11.5 Å². The third-order valence-corrected chi connectivity index (χ3v) is 3.40. The highest BCUT2D eigenvalue weighted by molar-refractivity contribution is 5.85. The molecule has 6 heteroatoms. The van der Waals surface area contributed by atoms with E-state index in [9.17, 15) is 18.0 Å². The lowest BCUT2D eigenvalue weighted by atomic mass is 9.94. The number of likely N-dealkylation sites (N-methyl/N-ethyl adjacent to an activating group) is 1. The van der Waals surface area contributed by atoms with Crippen LogP contribution >= 0.6 is 0 Å². The molecule has 1 aliphatic rings. The van der Waals surface area contributed by atoms with Crippen LogP contribution in [0, 0.1) is 5.92 Å². The van der Waals surface area contributed by atoms with Gasteiger partial charge in [-0.25, -0.2) is 0 Å². The highest BCUT2D eigenvalue weighted by Crippen LogP contribution is 2.34. The van der Waals surface area contributed by atoms with Crippen molar-refractivity contribution in [3.63, 3.8) is 0 Å². The number of halogens is 3. The molecule has 0 aliphatic carbocycles. The van der Waals surface area contributed by atoms with Crippen LogP contribution in [-0.4, -0.2) is 42.2 Å². The Morgan fingerprint density at radius 1 is 1.28 bits per heavy atom. The van der Waals surface area contributed by atoms with E-state index >= 15 is 0 Å². The first kappa shape index (κ1) is 15.3. The van der Waals surface area contributed by atoms with Gasteiger partial charge < -0.3 is 10.2 Å². The van der Waals surface area contributed by atoms with E-state index < -0.39 is 17.6 Å². The summed E-state index contributed by atoms with van der Waals surface area (Å²) in [6, 6.07) is 0. The summed E-state index contributed by atoms with van der Waals surface area (Å²) in [6.07, 6.45) is -4.11. The van der Waals surface area contributed by atoms with Crippen LogP contribution in [0.15, 0.2) is 0 Å². The molecule has 0 bridgehead atoms. The molecule has 0 aromatic heterocycles. The number of alkyl halides is 3. The Labute approximate surface area is 106 Å². The second kappa shape index (κ2) is 5.47. The van der Waals surface area contributed by atoms with Crippen LogP contribution in [0.3, 0.4) is 0 Å². The zero-order valence-electron chi connectivity index (χ0n) is 11.1. The molecule has 1 saturated heterocycles. The summed E-state index contributed by atoms with van der Waals surface area (Å²) in [5, 5.41) is 3.05. The minimum Gasteiger partial charge on any atom is -0.341 e. The summed E-state index contributed by atoms with van der Waals surface area (Å²) in [4.78, 5) is 13.7. The number of hydrogen-bond donors (Lipinski definition) is 1. The average molecular weight is 266 g/mol. The molecular formula is C12H21F3N2O. The van der Waals surface area contributed by atoms with Crippen molar-refractivity contribution >= 4 is 5.91 Å². The molecule has 106 valence electrons. The number of amides is 1. The predicted molar refractivity (Wildman–Crippen MR) is 63.1 cm³/mol. The molecule has 0 saturated carbocycles. The topological polar surface area (TPSA) is 32.3 Å². The van der Waals surface area contributed by atoms with Crippen molar-refractivity contribution in [1.29, 1.82) is 0 Å². The van der Waals surface area contributed by atoms with Crippen molar-refractivity contribution in [3.05, 3.63) is 0 Å². The normalized spacial score (nSPS) is 19.1. The zero-order valence-corrected chi connectivity index (χ0v) is 11.1. The molecule has 1 heterocycles. The first-order valence-electron chi connectivity index (χ1n) is 6.29. The lowest BCUT2D eigenvalue weighted by Crippen LogP contribution is -2.56. The Bertz CT molecular complexity index is 294. The van der Waals surface area contributed by atoms with E-state index in [0.29, 0.717) is 6.54 Å². The molecule has 0 radical (unpaired) electrons. The SMILES string of the molecule is CCNC(C)(C)C(=O)N1CCC(C(F)(F)F)CC1. The van der Waals surface area contributed by atoms with Crippen LogP contribution < -0.4 is 5.32 Å². The lowest BCUT2D eigenvalue weighted by Gasteiger charge is -2.37. The number of nitrogens with zero attached hydrogens (tertiary/aromatic N) is 1. The minimum absolute atomic E-state index is 0.0114. The summed E-state index contributed by atoms with van der Waals surface area (Å²) in [7, 11) is 0. The third-order valence-electron chi connectivity index (χ3n) is 3.40. The standard InChI is InChI=1S/C12H21F3N2O/c1-4-16-11(2,3)10(18)17-7-5-9(6-8-17)12(13,14)15/h9,16H,4-8H2,1-3H3. The molecule has 1 N–H and O–H groups in total. The average Bonchev–Trinajstić information content (AvgIpc) is 2.27. The highest BCUT2D eigenvalue weighted by atomic mass is 19.4.